The molecule has 1 aromatic heterocycles. The molecule has 3 atom stereocenters. The number of aliphatic hydroxyl groups is 1. The van der Waals surface area contributed by atoms with E-state index >= 15 is 0 Å². The van der Waals surface area contributed by atoms with Crippen molar-refractivity contribution in [3.63, 3.8) is 0 Å². The first-order chi connectivity index (χ1) is 11.5. The van der Waals surface area contributed by atoms with E-state index in [2.05, 4.69) is 6.07 Å². The number of thioether (sulfide) groups is 1. The first-order valence-electron chi connectivity index (χ1n) is 8.64. The molecular weight excluding hydrogens is 340 g/mol. The van der Waals surface area contributed by atoms with Gasteiger partial charge in [0.25, 0.3) is 0 Å². The standard InChI is InChI=1S/C18H24N2O2S2/c1-24(22)16-8-4-5-9-18(16,21)12-23-17-14(11-19)10-13-6-2-3-7-15(13)20-17/h10,16,21H,2-9,12H2,1H3. The lowest BCUT2D eigenvalue weighted by Gasteiger charge is -2.38. The zero-order valence-corrected chi connectivity index (χ0v) is 15.7. The number of pyridine rings is 1. The summed E-state index contributed by atoms with van der Waals surface area (Å²) in [4.78, 5) is 4.72. The molecule has 1 N–H and O–H groups in total. The zero-order valence-electron chi connectivity index (χ0n) is 14.1. The second-order valence-corrected chi connectivity index (χ2v) is 9.42. The minimum Gasteiger partial charge on any atom is -0.388 e. The third-order valence-electron chi connectivity index (χ3n) is 5.17. The Kier molecular flexibility index (Phi) is 5.63. The van der Waals surface area contributed by atoms with Crippen molar-refractivity contribution < 1.29 is 9.32 Å². The predicted molar refractivity (Wildman–Crippen MR) is 97.6 cm³/mol. The van der Waals surface area contributed by atoms with E-state index in [1.54, 1.807) is 6.26 Å². The maximum Gasteiger partial charge on any atom is 0.114 e. The van der Waals surface area contributed by atoms with Gasteiger partial charge in [-0.3, -0.25) is 4.21 Å². The Morgan fingerprint density at radius 3 is 2.96 bits per heavy atom. The van der Waals surface area contributed by atoms with E-state index in [1.165, 1.54) is 17.3 Å². The maximum absolute atomic E-state index is 12.0. The molecule has 4 nitrogen and oxygen atoms in total. The van der Waals surface area contributed by atoms with Gasteiger partial charge in [-0.25, -0.2) is 4.98 Å². The van der Waals surface area contributed by atoms with Gasteiger partial charge in [0.05, 0.1) is 16.4 Å². The fourth-order valence-electron chi connectivity index (χ4n) is 3.83. The molecule has 0 radical (unpaired) electrons. The van der Waals surface area contributed by atoms with Gasteiger partial charge >= 0.3 is 0 Å². The van der Waals surface area contributed by atoms with Gasteiger partial charge in [0.2, 0.25) is 0 Å². The van der Waals surface area contributed by atoms with E-state index < -0.39 is 16.4 Å². The molecule has 2 aliphatic rings. The SMILES string of the molecule is CS(=O)C1CCCCC1(O)CSc1nc2c(cc1C#N)CCCC2. The first kappa shape index (κ1) is 17.9. The molecule has 0 amide bonds. The average molecular weight is 365 g/mol. The number of fused-ring (bicyclic) bond motifs is 1. The number of hydrogen-bond donors (Lipinski definition) is 1. The molecule has 1 saturated carbocycles. The average Bonchev–Trinajstić information content (AvgIpc) is 2.59. The van der Waals surface area contributed by atoms with E-state index in [4.69, 9.17) is 4.98 Å². The summed E-state index contributed by atoms with van der Waals surface area (Å²) in [6, 6.07) is 4.23. The Bertz CT molecular complexity index is 686. The van der Waals surface area contributed by atoms with Crippen molar-refractivity contribution in [2.24, 2.45) is 0 Å². The van der Waals surface area contributed by atoms with Crippen LogP contribution in [0.15, 0.2) is 11.1 Å². The van der Waals surface area contributed by atoms with Crippen molar-refractivity contribution in [3.05, 3.63) is 22.9 Å². The second-order valence-electron chi connectivity index (χ2n) is 6.89. The largest absolute Gasteiger partial charge is 0.388 e. The summed E-state index contributed by atoms with van der Waals surface area (Å²) < 4.78 is 12.0. The molecule has 1 heterocycles. The van der Waals surface area contributed by atoms with E-state index in [1.807, 2.05) is 6.07 Å². The van der Waals surface area contributed by atoms with Gasteiger partial charge in [-0.05, 0) is 50.2 Å². The Labute approximate surface area is 150 Å². The third kappa shape index (κ3) is 3.68. The van der Waals surface area contributed by atoms with Crippen LogP contribution in [-0.4, -0.2) is 37.2 Å². The highest BCUT2D eigenvalue weighted by Gasteiger charge is 2.41. The molecule has 0 bridgehead atoms. The van der Waals surface area contributed by atoms with E-state index in [9.17, 15) is 14.6 Å². The van der Waals surface area contributed by atoms with Crippen LogP contribution < -0.4 is 0 Å². The lowest BCUT2D eigenvalue weighted by molar-refractivity contribution is 0.0326. The first-order valence-corrected chi connectivity index (χ1v) is 11.2. The van der Waals surface area contributed by atoms with Crippen molar-refractivity contribution in [3.8, 4) is 6.07 Å². The number of rotatable bonds is 4. The van der Waals surface area contributed by atoms with Gasteiger partial charge in [0.1, 0.15) is 11.1 Å². The molecule has 2 aliphatic carbocycles. The van der Waals surface area contributed by atoms with Gasteiger partial charge in [-0.15, -0.1) is 11.8 Å². The molecule has 1 fully saturated rings. The van der Waals surface area contributed by atoms with Crippen LogP contribution in [0.4, 0.5) is 0 Å². The lowest BCUT2D eigenvalue weighted by atomic mass is 9.86. The van der Waals surface area contributed by atoms with Gasteiger partial charge in [-0.2, -0.15) is 5.26 Å². The maximum atomic E-state index is 12.0. The molecule has 0 saturated heterocycles. The molecule has 6 heteroatoms. The summed E-state index contributed by atoms with van der Waals surface area (Å²) in [5, 5.41) is 21.0. The fraction of sp³-hybridized carbons (Fsp3) is 0.667. The summed E-state index contributed by atoms with van der Waals surface area (Å²) >= 11 is 1.45. The van der Waals surface area contributed by atoms with E-state index in [0.29, 0.717) is 17.7 Å². The van der Waals surface area contributed by atoms with Crippen LogP contribution in [0.1, 0.15) is 55.3 Å². The fourth-order valence-corrected chi connectivity index (χ4v) is 6.42. The lowest BCUT2D eigenvalue weighted by Crippen LogP contribution is -2.49. The summed E-state index contributed by atoms with van der Waals surface area (Å²) in [6.45, 7) is 0. The van der Waals surface area contributed by atoms with Crippen LogP contribution in [0, 0.1) is 11.3 Å². The summed E-state index contributed by atoms with van der Waals surface area (Å²) in [5.41, 5.74) is 1.99. The monoisotopic (exact) mass is 364 g/mol. The minimum atomic E-state index is -1.04. The van der Waals surface area contributed by atoms with Crippen molar-refractivity contribution in [2.75, 3.05) is 12.0 Å². The van der Waals surface area contributed by atoms with Gasteiger partial charge in [0.15, 0.2) is 0 Å². The number of aromatic nitrogens is 1. The van der Waals surface area contributed by atoms with Crippen LogP contribution in [-0.2, 0) is 23.6 Å². The Balaban J connectivity index is 1.80. The predicted octanol–water partition coefficient (Wildman–Crippen LogP) is 2.98. The van der Waals surface area contributed by atoms with Crippen LogP contribution in [0.25, 0.3) is 0 Å². The zero-order chi connectivity index (χ0) is 17.2. The Hall–Kier alpha value is -0.900. The van der Waals surface area contributed by atoms with Crippen LogP contribution in [0.2, 0.25) is 0 Å². The molecule has 0 aromatic carbocycles. The summed E-state index contributed by atoms with van der Waals surface area (Å²) in [6.07, 6.45) is 9.45. The molecule has 0 aliphatic heterocycles. The van der Waals surface area contributed by atoms with E-state index in [0.717, 1.165) is 55.7 Å². The number of nitriles is 1. The normalized spacial score (nSPS) is 28.0. The topological polar surface area (TPSA) is 74.0 Å². The highest BCUT2D eigenvalue weighted by Crippen LogP contribution is 2.37. The molecule has 3 unspecified atom stereocenters. The molecule has 130 valence electrons. The van der Waals surface area contributed by atoms with Crippen LogP contribution in [0.5, 0.6) is 0 Å². The quantitative estimate of drug-likeness (QED) is 0.832. The molecular formula is C18H24N2O2S2. The second kappa shape index (κ2) is 7.55. The van der Waals surface area contributed by atoms with Crippen molar-refractivity contribution in [1.82, 2.24) is 4.98 Å². The molecule has 1 aromatic rings. The van der Waals surface area contributed by atoms with Crippen molar-refractivity contribution in [2.45, 2.75) is 67.2 Å². The number of aryl methyl sites for hydroxylation is 2. The molecule has 24 heavy (non-hydrogen) atoms. The molecule has 0 spiro atoms. The van der Waals surface area contributed by atoms with Crippen LogP contribution >= 0.6 is 11.8 Å². The van der Waals surface area contributed by atoms with Gasteiger partial charge in [0, 0.05) is 28.5 Å². The van der Waals surface area contributed by atoms with Crippen molar-refractivity contribution in [1.29, 1.82) is 5.26 Å². The summed E-state index contributed by atoms with van der Waals surface area (Å²) in [5.74, 6) is 0.456. The highest BCUT2D eigenvalue weighted by atomic mass is 32.2. The van der Waals surface area contributed by atoms with E-state index in [-0.39, 0.29) is 5.25 Å². The van der Waals surface area contributed by atoms with Crippen molar-refractivity contribution >= 4 is 22.6 Å². The Morgan fingerprint density at radius 2 is 2.21 bits per heavy atom. The van der Waals surface area contributed by atoms with Gasteiger partial charge in [-0.1, -0.05) is 12.8 Å². The van der Waals surface area contributed by atoms with Gasteiger partial charge < -0.3 is 5.11 Å². The Morgan fingerprint density at radius 1 is 1.42 bits per heavy atom. The highest BCUT2D eigenvalue weighted by molar-refractivity contribution is 7.99. The summed E-state index contributed by atoms with van der Waals surface area (Å²) in [7, 11) is -1.04. The van der Waals surface area contributed by atoms with Crippen LogP contribution in [0.3, 0.4) is 0 Å². The minimum absolute atomic E-state index is 0.179. The smallest absolute Gasteiger partial charge is 0.114 e. The third-order valence-corrected chi connectivity index (χ3v) is 7.88. The number of nitrogens with zero attached hydrogens (tertiary/aromatic N) is 2. The molecule has 3 rings (SSSR count). The number of hydrogen-bond acceptors (Lipinski definition) is 5.